The Morgan fingerprint density at radius 2 is 1.80 bits per heavy atom. The van der Waals surface area contributed by atoms with E-state index >= 15 is 0 Å². The maximum Gasteiger partial charge on any atom is 0.270 e. The van der Waals surface area contributed by atoms with E-state index in [1.54, 1.807) is 6.07 Å². The van der Waals surface area contributed by atoms with Crippen LogP contribution in [0.1, 0.15) is 11.1 Å². The van der Waals surface area contributed by atoms with Crippen LogP contribution in [0.5, 0.6) is 5.75 Å². The summed E-state index contributed by atoms with van der Waals surface area (Å²) in [5.74, 6) is 0.711. The van der Waals surface area contributed by atoms with Crippen LogP contribution in [0.15, 0.2) is 72.8 Å². The molecule has 0 fully saturated rings. The fourth-order valence-electron chi connectivity index (χ4n) is 3.02. The molecule has 30 heavy (non-hydrogen) atoms. The van der Waals surface area contributed by atoms with Crippen molar-refractivity contribution in [1.82, 2.24) is 10.2 Å². The van der Waals surface area contributed by atoms with Gasteiger partial charge in [0.1, 0.15) is 12.4 Å². The van der Waals surface area contributed by atoms with Gasteiger partial charge in [-0.2, -0.15) is 5.10 Å². The second-order valence-electron chi connectivity index (χ2n) is 6.70. The molecule has 0 bridgehead atoms. The number of amides is 1. The van der Waals surface area contributed by atoms with E-state index in [-0.39, 0.29) is 23.8 Å². The lowest BCUT2D eigenvalue weighted by Gasteiger charge is -2.07. The standard InChI is InChI=1S/C22H18N4O4/c27-21(23-22-19-13-17(26(28)29)8-11-20(19)24-25-22)12-15-6-9-18(10-7-15)30-14-16-4-2-1-3-5-16/h1-11,13H,12,14H2,(H2,23,24,25,27). The summed E-state index contributed by atoms with van der Waals surface area (Å²) in [5, 5.41) is 21.0. The number of rotatable bonds is 7. The van der Waals surface area contributed by atoms with E-state index in [0.29, 0.717) is 23.3 Å². The second-order valence-corrected chi connectivity index (χ2v) is 6.70. The largest absolute Gasteiger partial charge is 0.489 e. The van der Waals surface area contributed by atoms with Crippen LogP contribution in [0.25, 0.3) is 10.9 Å². The lowest BCUT2D eigenvalue weighted by molar-refractivity contribution is -0.384. The number of aromatic amines is 1. The average Bonchev–Trinajstić information content (AvgIpc) is 3.16. The molecule has 2 N–H and O–H groups in total. The van der Waals surface area contributed by atoms with Crippen molar-refractivity contribution in [3.05, 3.63) is 94.0 Å². The summed E-state index contributed by atoms with van der Waals surface area (Å²) in [7, 11) is 0. The maximum atomic E-state index is 12.4. The smallest absolute Gasteiger partial charge is 0.270 e. The fraction of sp³-hybridized carbons (Fsp3) is 0.0909. The molecule has 1 aromatic heterocycles. The van der Waals surface area contributed by atoms with Crippen molar-refractivity contribution in [3.8, 4) is 5.75 Å². The highest BCUT2D eigenvalue weighted by molar-refractivity contribution is 6.00. The van der Waals surface area contributed by atoms with Gasteiger partial charge in [0.25, 0.3) is 5.69 Å². The summed E-state index contributed by atoms with van der Waals surface area (Å²) in [6.07, 6.45) is 0.141. The Kier molecular flexibility index (Phi) is 5.38. The van der Waals surface area contributed by atoms with E-state index in [4.69, 9.17) is 4.74 Å². The zero-order valence-electron chi connectivity index (χ0n) is 15.9. The van der Waals surface area contributed by atoms with Crippen molar-refractivity contribution in [2.45, 2.75) is 13.0 Å². The quantitative estimate of drug-likeness (QED) is 0.355. The lowest BCUT2D eigenvalue weighted by atomic mass is 10.1. The molecule has 0 spiro atoms. The molecule has 8 nitrogen and oxygen atoms in total. The SMILES string of the molecule is O=C(Cc1ccc(OCc2ccccc2)cc1)Nc1n[nH]c2ccc([N+](=O)[O-])cc12. The van der Waals surface area contributed by atoms with Gasteiger partial charge in [0.05, 0.1) is 22.2 Å². The first-order valence-electron chi connectivity index (χ1n) is 9.26. The average molecular weight is 402 g/mol. The Morgan fingerprint density at radius 3 is 2.53 bits per heavy atom. The first kappa shape index (κ1) is 19.1. The number of carbonyl (C=O) groups excluding carboxylic acids is 1. The maximum absolute atomic E-state index is 12.4. The Labute approximate surface area is 171 Å². The number of benzene rings is 3. The van der Waals surface area contributed by atoms with Gasteiger partial charge in [-0.25, -0.2) is 0 Å². The van der Waals surface area contributed by atoms with Gasteiger partial charge in [0.2, 0.25) is 5.91 Å². The molecule has 1 heterocycles. The number of carbonyl (C=O) groups is 1. The zero-order valence-corrected chi connectivity index (χ0v) is 15.9. The third-order valence-electron chi connectivity index (χ3n) is 4.55. The van der Waals surface area contributed by atoms with E-state index in [9.17, 15) is 14.9 Å². The van der Waals surface area contributed by atoms with Crippen LogP contribution < -0.4 is 10.1 Å². The highest BCUT2D eigenvalue weighted by Crippen LogP contribution is 2.25. The molecule has 0 radical (unpaired) electrons. The molecule has 4 aromatic rings. The molecule has 150 valence electrons. The van der Waals surface area contributed by atoms with E-state index in [2.05, 4.69) is 15.5 Å². The number of hydrogen-bond donors (Lipinski definition) is 2. The molecule has 0 atom stereocenters. The van der Waals surface area contributed by atoms with Crippen LogP contribution in [0.4, 0.5) is 11.5 Å². The van der Waals surface area contributed by atoms with Crippen molar-refractivity contribution < 1.29 is 14.5 Å². The molecule has 0 aliphatic carbocycles. The molecule has 0 unspecified atom stereocenters. The van der Waals surface area contributed by atoms with E-state index < -0.39 is 4.92 Å². The molecular weight excluding hydrogens is 384 g/mol. The van der Waals surface area contributed by atoms with Crippen molar-refractivity contribution in [2.75, 3.05) is 5.32 Å². The minimum Gasteiger partial charge on any atom is -0.489 e. The van der Waals surface area contributed by atoms with Gasteiger partial charge < -0.3 is 10.1 Å². The molecule has 3 aromatic carbocycles. The normalized spacial score (nSPS) is 10.7. The molecule has 8 heteroatoms. The predicted octanol–water partition coefficient (Wildman–Crippen LogP) is 4.23. The molecule has 0 saturated carbocycles. The Morgan fingerprint density at radius 1 is 1.03 bits per heavy atom. The second kappa shape index (κ2) is 8.44. The first-order valence-corrected chi connectivity index (χ1v) is 9.26. The summed E-state index contributed by atoms with van der Waals surface area (Å²) in [6.45, 7) is 0.471. The molecule has 0 aliphatic rings. The highest BCUT2D eigenvalue weighted by atomic mass is 16.6. The topological polar surface area (TPSA) is 110 Å². The van der Waals surface area contributed by atoms with Gasteiger partial charge in [-0.3, -0.25) is 20.0 Å². The number of nitro benzene ring substituents is 1. The number of nitrogens with zero attached hydrogens (tertiary/aromatic N) is 2. The van der Waals surface area contributed by atoms with Crippen LogP contribution in [-0.2, 0) is 17.8 Å². The van der Waals surface area contributed by atoms with Gasteiger partial charge in [-0.05, 0) is 29.3 Å². The minimum atomic E-state index is -0.487. The molecule has 4 rings (SSSR count). The summed E-state index contributed by atoms with van der Waals surface area (Å²) in [6, 6.07) is 21.5. The number of aromatic nitrogens is 2. The van der Waals surface area contributed by atoms with Gasteiger partial charge in [-0.1, -0.05) is 42.5 Å². The molecule has 1 amide bonds. The van der Waals surface area contributed by atoms with Crippen molar-refractivity contribution in [3.63, 3.8) is 0 Å². The van der Waals surface area contributed by atoms with E-state index in [1.807, 2.05) is 54.6 Å². The van der Waals surface area contributed by atoms with Crippen LogP contribution >= 0.6 is 0 Å². The molecule has 0 aliphatic heterocycles. The lowest BCUT2D eigenvalue weighted by Crippen LogP contribution is -2.14. The van der Waals surface area contributed by atoms with E-state index in [1.165, 1.54) is 12.1 Å². The monoisotopic (exact) mass is 402 g/mol. The summed E-state index contributed by atoms with van der Waals surface area (Å²) in [5.41, 5.74) is 2.43. The van der Waals surface area contributed by atoms with Crippen LogP contribution in [-0.4, -0.2) is 21.0 Å². The number of fused-ring (bicyclic) bond motifs is 1. The molecule has 0 saturated heterocycles. The highest BCUT2D eigenvalue weighted by Gasteiger charge is 2.14. The van der Waals surface area contributed by atoms with Gasteiger partial charge in [0, 0.05) is 12.1 Å². The Hall–Kier alpha value is -4.20. The number of nitro groups is 1. The third kappa shape index (κ3) is 4.44. The van der Waals surface area contributed by atoms with Crippen molar-refractivity contribution >= 4 is 28.3 Å². The van der Waals surface area contributed by atoms with Gasteiger partial charge in [0.15, 0.2) is 5.82 Å². The summed E-state index contributed by atoms with van der Waals surface area (Å²) < 4.78 is 5.75. The number of nitrogens with one attached hydrogen (secondary N) is 2. The van der Waals surface area contributed by atoms with Gasteiger partial charge >= 0.3 is 0 Å². The van der Waals surface area contributed by atoms with Crippen molar-refractivity contribution in [1.29, 1.82) is 0 Å². The number of hydrogen-bond acceptors (Lipinski definition) is 5. The minimum absolute atomic E-state index is 0.0644. The number of H-pyrrole nitrogens is 1. The molecular formula is C22H18N4O4. The number of anilines is 1. The Balaban J connectivity index is 1.37. The Bertz CT molecular complexity index is 1190. The number of non-ortho nitro benzene ring substituents is 1. The number of ether oxygens (including phenoxy) is 1. The van der Waals surface area contributed by atoms with Crippen LogP contribution in [0.3, 0.4) is 0 Å². The van der Waals surface area contributed by atoms with Crippen molar-refractivity contribution in [2.24, 2.45) is 0 Å². The van der Waals surface area contributed by atoms with Crippen LogP contribution in [0, 0.1) is 10.1 Å². The fourth-order valence-corrected chi connectivity index (χ4v) is 3.02. The predicted molar refractivity (Wildman–Crippen MR) is 112 cm³/mol. The summed E-state index contributed by atoms with van der Waals surface area (Å²) in [4.78, 5) is 22.9. The van der Waals surface area contributed by atoms with Gasteiger partial charge in [-0.15, -0.1) is 0 Å². The summed E-state index contributed by atoms with van der Waals surface area (Å²) >= 11 is 0. The van der Waals surface area contributed by atoms with Crippen LogP contribution in [0.2, 0.25) is 0 Å². The first-order chi connectivity index (χ1) is 14.6. The third-order valence-corrected chi connectivity index (χ3v) is 4.55. The van der Waals surface area contributed by atoms with E-state index in [0.717, 1.165) is 11.1 Å². The zero-order chi connectivity index (χ0) is 20.9.